The van der Waals surface area contributed by atoms with Gasteiger partial charge in [-0.3, -0.25) is 0 Å². The summed E-state index contributed by atoms with van der Waals surface area (Å²) < 4.78 is 0. The van der Waals surface area contributed by atoms with Gasteiger partial charge in [0, 0.05) is 18.1 Å². The highest BCUT2D eigenvalue weighted by Gasteiger charge is 2.39. The number of nitrogens with one attached hydrogen (secondary N) is 1. The molecule has 0 aromatic carbocycles. The van der Waals surface area contributed by atoms with E-state index in [0.717, 1.165) is 6.42 Å². The Labute approximate surface area is 93.4 Å². The molecule has 4 unspecified atom stereocenters. The molecule has 0 spiro atoms. The number of hydrogen-bond acceptors (Lipinski definition) is 3. The van der Waals surface area contributed by atoms with Crippen LogP contribution in [0.25, 0.3) is 0 Å². The van der Waals surface area contributed by atoms with Crippen LogP contribution in [0.15, 0.2) is 0 Å². The van der Waals surface area contributed by atoms with Crippen LogP contribution < -0.4 is 11.1 Å². The topological polar surface area (TPSA) is 58.3 Å². The highest BCUT2D eigenvalue weighted by molar-refractivity contribution is 4.99. The third-order valence-corrected chi connectivity index (χ3v) is 3.80. The molecule has 0 aromatic rings. The van der Waals surface area contributed by atoms with Crippen molar-refractivity contribution < 1.29 is 5.11 Å². The first kappa shape index (κ1) is 12.9. The highest BCUT2D eigenvalue weighted by Crippen LogP contribution is 2.35. The molecule has 0 aromatic heterocycles. The molecule has 0 saturated heterocycles. The molecule has 15 heavy (non-hydrogen) atoms. The zero-order chi connectivity index (χ0) is 11.5. The van der Waals surface area contributed by atoms with Gasteiger partial charge in [-0.2, -0.15) is 0 Å². The van der Waals surface area contributed by atoms with Crippen LogP contribution in [-0.4, -0.2) is 29.3 Å². The molecule has 0 amide bonds. The summed E-state index contributed by atoms with van der Waals surface area (Å²) in [7, 11) is 0. The van der Waals surface area contributed by atoms with Crippen molar-refractivity contribution in [2.45, 2.75) is 64.1 Å². The van der Waals surface area contributed by atoms with Gasteiger partial charge in [0.2, 0.25) is 0 Å². The normalized spacial score (nSPS) is 35.4. The molecule has 4 atom stereocenters. The summed E-state index contributed by atoms with van der Waals surface area (Å²) in [5.41, 5.74) is 6.03. The zero-order valence-corrected chi connectivity index (χ0v) is 10.3. The first-order valence-electron chi connectivity index (χ1n) is 6.16. The molecule has 1 saturated carbocycles. The number of nitrogens with two attached hydrogens (primary N) is 1. The van der Waals surface area contributed by atoms with Gasteiger partial charge in [0.1, 0.15) is 0 Å². The van der Waals surface area contributed by atoms with E-state index in [0.29, 0.717) is 18.5 Å². The minimum absolute atomic E-state index is 0.119. The van der Waals surface area contributed by atoms with Crippen molar-refractivity contribution in [2.75, 3.05) is 6.54 Å². The first-order valence-corrected chi connectivity index (χ1v) is 6.16. The summed E-state index contributed by atoms with van der Waals surface area (Å²) in [6.45, 7) is 6.96. The highest BCUT2D eigenvalue weighted by atomic mass is 16.3. The van der Waals surface area contributed by atoms with E-state index in [-0.39, 0.29) is 11.6 Å². The molecule has 0 aliphatic heterocycles. The maximum absolute atomic E-state index is 9.35. The largest absolute Gasteiger partial charge is 0.393 e. The van der Waals surface area contributed by atoms with Gasteiger partial charge >= 0.3 is 0 Å². The van der Waals surface area contributed by atoms with Crippen LogP contribution in [0.4, 0.5) is 0 Å². The lowest BCUT2D eigenvalue weighted by molar-refractivity contribution is 0.151. The predicted molar refractivity (Wildman–Crippen MR) is 63.7 cm³/mol. The van der Waals surface area contributed by atoms with Gasteiger partial charge in [0.15, 0.2) is 0 Å². The summed E-state index contributed by atoms with van der Waals surface area (Å²) in [6.07, 6.45) is 4.28. The molecule has 4 N–H and O–H groups in total. The molecule has 90 valence electrons. The van der Waals surface area contributed by atoms with Gasteiger partial charge < -0.3 is 16.2 Å². The fourth-order valence-corrected chi connectivity index (χ4v) is 2.88. The molecule has 0 heterocycles. The van der Waals surface area contributed by atoms with E-state index in [9.17, 15) is 5.11 Å². The van der Waals surface area contributed by atoms with Crippen LogP contribution in [-0.2, 0) is 0 Å². The second-order valence-corrected chi connectivity index (χ2v) is 5.28. The summed E-state index contributed by atoms with van der Waals surface area (Å²) >= 11 is 0. The van der Waals surface area contributed by atoms with Gasteiger partial charge in [-0.15, -0.1) is 0 Å². The van der Waals surface area contributed by atoms with Gasteiger partial charge in [-0.25, -0.2) is 0 Å². The number of rotatable bonds is 5. The number of aliphatic hydroxyl groups excluding tert-OH is 1. The maximum Gasteiger partial charge on any atom is 0.0526 e. The summed E-state index contributed by atoms with van der Waals surface area (Å²) in [5.74, 6) is 0.652. The Morgan fingerprint density at radius 2 is 2.20 bits per heavy atom. The van der Waals surface area contributed by atoms with Crippen LogP contribution in [0.5, 0.6) is 0 Å². The lowest BCUT2D eigenvalue weighted by atomic mass is 9.87. The van der Waals surface area contributed by atoms with E-state index in [1.54, 1.807) is 0 Å². The Hall–Kier alpha value is -0.120. The van der Waals surface area contributed by atoms with E-state index in [1.165, 1.54) is 19.3 Å². The molecule has 3 nitrogen and oxygen atoms in total. The van der Waals surface area contributed by atoms with Crippen molar-refractivity contribution in [1.29, 1.82) is 0 Å². The molecule has 1 aliphatic carbocycles. The Bertz CT molecular complexity index is 196. The lowest BCUT2D eigenvalue weighted by Gasteiger charge is -2.37. The van der Waals surface area contributed by atoms with Crippen molar-refractivity contribution in [3.8, 4) is 0 Å². The van der Waals surface area contributed by atoms with Gasteiger partial charge in [-0.05, 0) is 39.0 Å². The van der Waals surface area contributed by atoms with Crippen LogP contribution >= 0.6 is 0 Å². The van der Waals surface area contributed by atoms with Gasteiger partial charge in [-0.1, -0.05) is 13.3 Å². The molecule has 3 heteroatoms. The Balaban J connectivity index is 2.52. The fraction of sp³-hybridized carbons (Fsp3) is 1.00. The molecule has 1 aliphatic rings. The van der Waals surface area contributed by atoms with Gasteiger partial charge in [0.25, 0.3) is 0 Å². The third-order valence-electron chi connectivity index (χ3n) is 3.80. The van der Waals surface area contributed by atoms with Crippen LogP contribution in [0.2, 0.25) is 0 Å². The molecule has 0 bridgehead atoms. The molecular formula is C12H26N2O. The maximum atomic E-state index is 9.35. The molecular weight excluding hydrogens is 188 g/mol. The molecule has 1 rings (SSSR count). The van der Waals surface area contributed by atoms with E-state index in [2.05, 4.69) is 19.2 Å². The molecule has 0 radical (unpaired) electrons. The fourth-order valence-electron chi connectivity index (χ4n) is 2.88. The number of hydrogen-bond donors (Lipinski definition) is 3. The van der Waals surface area contributed by atoms with E-state index in [4.69, 9.17) is 5.73 Å². The minimum atomic E-state index is -0.237. The van der Waals surface area contributed by atoms with Crippen molar-refractivity contribution >= 4 is 0 Å². The predicted octanol–water partition coefficient (Wildman–Crippen LogP) is 1.25. The van der Waals surface area contributed by atoms with Crippen molar-refractivity contribution in [1.82, 2.24) is 5.32 Å². The smallest absolute Gasteiger partial charge is 0.0526 e. The van der Waals surface area contributed by atoms with Crippen molar-refractivity contribution in [3.05, 3.63) is 0 Å². The first-order chi connectivity index (χ1) is 7.00. The second-order valence-electron chi connectivity index (χ2n) is 5.28. The summed E-state index contributed by atoms with van der Waals surface area (Å²) in [4.78, 5) is 0. The average Bonchev–Trinajstić information content (AvgIpc) is 2.47. The standard InChI is InChI=1S/C12H26N2O/c1-9-5-4-6-12(9,8-13)14-10(2)7-11(3)15/h9-11,14-15H,4-8,13H2,1-3H3. The molecule has 1 fully saturated rings. The van der Waals surface area contributed by atoms with Gasteiger partial charge in [0.05, 0.1) is 6.10 Å². The van der Waals surface area contributed by atoms with Crippen LogP contribution in [0, 0.1) is 5.92 Å². The van der Waals surface area contributed by atoms with Crippen molar-refractivity contribution in [2.24, 2.45) is 11.7 Å². The second kappa shape index (κ2) is 5.28. The number of aliphatic hydroxyl groups is 1. The monoisotopic (exact) mass is 214 g/mol. The Kier molecular flexibility index (Phi) is 4.56. The van der Waals surface area contributed by atoms with E-state index >= 15 is 0 Å². The summed E-state index contributed by atoms with van der Waals surface area (Å²) in [5, 5.41) is 13.0. The van der Waals surface area contributed by atoms with Crippen molar-refractivity contribution in [3.63, 3.8) is 0 Å². The lowest BCUT2D eigenvalue weighted by Crippen LogP contribution is -2.56. The Morgan fingerprint density at radius 3 is 2.60 bits per heavy atom. The zero-order valence-electron chi connectivity index (χ0n) is 10.3. The summed E-state index contributed by atoms with van der Waals surface area (Å²) in [6, 6.07) is 0.342. The van der Waals surface area contributed by atoms with Crippen LogP contribution in [0.3, 0.4) is 0 Å². The van der Waals surface area contributed by atoms with E-state index in [1.807, 2.05) is 6.92 Å². The quantitative estimate of drug-likeness (QED) is 0.645. The average molecular weight is 214 g/mol. The van der Waals surface area contributed by atoms with E-state index < -0.39 is 0 Å². The Morgan fingerprint density at radius 1 is 1.53 bits per heavy atom. The van der Waals surface area contributed by atoms with Crippen LogP contribution in [0.1, 0.15) is 46.5 Å². The SMILES string of the molecule is CC(O)CC(C)NC1(CN)CCCC1C. The minimum Gasteiger partial charge on any atom is -0.393 e. The third kappa shape index (κ3) is 3.16.